The number of hydrogen-bond donors (Lipinski definition) is 2. The molecule has 1 aliphatic carbocycles. The first-order valence-corrected chi connectivity index (χ1v) is 6.02. The van der Waals surface area contributed by atoms with Crippen molar-refractivity contribution in [1.82, 2.24) is 9.97 Å². The second-order valence-electron chi connectivity index (χ2n) is 4.68. The van der Waals surface area contributed by atoms with Crippen LogP contribution in [0, 0.1) is 11.8 Å². The van der Waals surface area contributed by atoms with Crippen LogP contribution in [-0.2, 0) is 0 Å². The molecule has 2 unspecified atom stereocenters. The van der Waals surface area contributed by atoms with Gasteiger partial charge in [-0.05, 0) is 30.7 Å². The average Bonchev–Trinajstić information content (AvgIpc) is 2.73. The number of aromatic nitrogens is 2. The Hall–Kier alpha value is -1.32. The van der Waals surface area contributed by atoms with E-state index in [1.165, 1.54) is 19.3 Å². The molecular formula is C12H20N4. The topological polar surface area (TPSA) is 49.8 Å². The van der Waals surface area contributed by atoms with Crippen molar-refractivity contribution in [3.05, 3.63) is 12.3 Å². The second kappa shape index (κ2) is 5.14. The van der Waals surface area contributed by atoms with Gasteiger partial charge in [0.2, 0.25) is 5.95 Å². The highest BCUT2D eigenvalue weighted by Crippen LogP contribution is 2.30. The summed E-state index contributed by atoms with van der Waals surface area (Å²) in [6.07, 6.45) is 5.84. The molecule has 2 rings (SSSR count). The van der Waals surface area contributed by atoms with Crippen molar-refractivity contribution in [2.75, 3.05) is 24.2 Å². The van der Waals surface area contributed by atoms with Gasteiger partial charge in [0.05, 0.1) is 0 Å². The predicted molar refractivity (Wildman–Crippen MR) is 66.6 cm³/mol. The van der Waals surface area contributed by atoms with Crippen molar-refractivity contribution in [3.63, 3.8) is 0 Å². The lowest BCUT2D eigenvalue weighted by Gasteiger charge is -2.11. The molecule has 0 aliphatic heterocycles. The number of rotatable bonds is 4. The van der Waals surface area contributed by atoms with Gasteiger partial charge in [0, 0.05) is 19.8 Å². The molecule has 1 fully saturated rings. The summed E-state index contributed by atoms with van der Waals surface area (Å²) in [5.74, 6) is 3.29. The summed E-state index contributed by atoms with van der Waals surface area (Å²) in [4.78, 5) is 8.43. The van der Waals surface area contributed by atoms with Gasteiger partial charge in [0.25, 0.3) is 0 Å². The van der Waals surface area contributed by atoms with E-state index in [0.717, 1.165) is 24.2 Å². The van der Waals surface area contributed by atoms with Crippen molar-refractivity contribution >= 4 is 11.8 Å². The molecule has 1 saturated carbocycles. The van der Waals surface area contributed by atoms with Crippen LogP contribution >= 0.6 is 0 Å². The molecule has 1 heterocycles. The fourth-order valence-corrected chi connectivity index (χ4v) is 2.34. The molecule has 2 N–H and O–H groups in total. The minimum Gasteiger partial charge on any atom is -0.370 e. The molecule has 0 amide bonds. The van der Waals surface area contributed by atoms with Gasteiger partial charge in [-0.1, -0.05) is 13.3 Å². The number of anilines is 2. The summed E-state index contributed by atoms with van der Waals surface area (Å²) in [6, 6.07) is 1.92. The Kier molecular flexibility index (Phi) is 3.59. The molecule has 1 aromatic heterocycles. The van der Waals surface area contributed by atoms with E-state index in [9.17, 15) is 0 Å². The molecule has 4 heteroatoms. The maximum absolute atomic E-state index is 4.34. The molecule has 1 aliphatic rings. The summed E-state index contributed by atoms with van der Waals surface area (Å²) < 4.78 is 0. The van der Waals surface area contributed by atoms with E-state index in [-0.39, 0.29) is 0 Å². The molecule has 4 nitrogen and oxygen atoms in total. The van der Waals surface area contributed by atoms with Crippen molar-refractivity contribution in [2.24, 2.45) is 11.8 Å². The molecule has 2 atom stereocenters. The molecular weight excluding hydrogens is 200 g/mol. The molecule has 1 aromatic rings. The maximum Gasteiger partial charge on any atom is 0.224 e. The average molecular weight is 220 g/mol. The van der Waals surface area contributed by atoms with E-state index in [1.807, 2.05) is 13.1 Å². The van der Waals surface area contributed by atoms with Crippen LogP contribution in [0.4, 0.5) is 11.8 Å². The molecule has 16 heavy (non-hydrogen) atoms. The lowest BCUT2D eigenvalue weighted by molar-refractivity contribution is 0.536. The van der Waals surface area contributed by atoms with Gasteiger partial charge in [-0.2, -0.15) is 4.98 Å². The van der Waals surface area contributed by atoms with Gasteiger partial charge in [0.1, 0.15) is 5.82 Å². The van der Waals surface area contributed by atoms with Crippen molar-refractivity contribution in [2.45, 2.75) is 26.2 Å². The number of nitrogens with zero attached hydrogens (tertiary/aromatic N) is 2. The molecule has 0 spiro atoms. The van der Waals surface area contributed by atoms with E-state index >= 15 is 0 Å². The van der Waals surface area contributed by atoms with E-state index in [4.69, 9.17) is 0 Å². The van der Waals surface area contributed by atoms with Gasteiger partial charge < -0.3 is 10.6 Å². The van der Waals surface area contributed by atoms with Gasteiger partial charge in [-0.25, -0.2) is 4.98 Å². The first-order valence-electron chi connectivity index (χ1n) is 6.02. The Balaban J connectivity index is 1.84. The quantitative estimate of drug-likeness (QED) is 0.818. The summed E-state index contributed by atoms with van der Waals surface area (Å²) in [7, 11) is 1.83. The lowest BCUT2D eigenvalue weighted by atomic mass is 10.1. The zero-order valence-corrected chi connectivity index (χ0v) is 10.0. The van der Waals surface area contributed by atoms with Gasteiger partial charge in [-0.3, -0.25) is 0 Å². The fourth-order valence-electron chi connectivity index (χ4n) is 2.34. The summed E-state index contributed by atoms with van der Waals surface area (Å²) in [6.45, 7) is 3.37. The third kappa shape index (κ3) is 2.84. The smallest absolute Gasteiger partial charge is 0.224 e. The van der Waals surface area contributed by atoms with E-state index in [2.05, 4.69) is 27.5 Å². The fraction of sp³-hybridized carbons (Fsp3) is 0.667. The van der Waals surface area contributed by atoms with E-state index in [1.54, 1.807) is 6.20 Å². The highest BCUT2D eigenvalue weighted by Gasteiger charge is 2.20. The highest BCUT2D eigenvalue weighted by atomic mass is 15.1. The summed E-state index contributed by atoms with van der Waals surface area (Å²) in [5, 5.41) is 6.33. The summed E-state index contributed by atoms with van der Waals surface area (Å²) in [5.41, 5.74) is 0. The summed E-state index contributed by atoms with van der Waals surface area (Å²) >= 11 is 0. The Morgan fingerprint density at radius 2 is 2.31 bits per heavy atom. The zero-order chi connectivity index (χ0) is 11.4. The van der Waals surface area contributed by atoms with Crippen LogP contribution in [-0.4, -0.2) is 23.6 Å². The Morgan fingerprint density at radius 3 is 3.00 bits per heavy atom. The molecule has 88 valence electrons. The molecule has 0 saturated heterocycles. The Morgan fingerprint density at radius 1 is 1.44 bits per heavy atom. The lowest BCUT2D eigenvalue weighted by Crippen LogP contribution is -2.13. The third-order valence-corrected chi connectivity index (χ3v) is 3.25. The standard InChI is InChI=1S/C12H20N4/c1-9-3-4-10(7-9)8-15-11-5-6-14-12(13-2)16-11/h5-6,9-10H,3-4,7-8H2,1-2H3,(H2,13,14,15,16). The molecule has 0 bridgehead atoms. The van der Waals surface area contributed by atoms with Crippen LogP contribution in [0.15, 0.2) is 12.3 Å². The maximum atomic E-state index is 4.34. The number of hydrogen-bond acceptors (Lipinski definition) is 4. The zero-order valence-electron chi connectivity index (χ0n) is 10.0. The van der Waals surface area contributed by atoms with Crippen LogP contribution in [0.3, 0.4) is 0 Å². The SMILES string of the molecule is CNc1nccc(NCC2CCC(C)C2)n1. The first kappa shape index (κ1) is 11.2. The Bertz CT molecular complexity index is 340. The van der Waals surface area contributed by atoms with Crippen molar-refractivity contribution in [1.29, 1.82) is 0 Å². The highest BCUT2D eigenvalue weighted by molar-refractivity contribution is 5.39. The van der Waals surface area contributed by atoms with E-state index in [0.29, 0.717) is 5.95 Å². The predicted octanol–water partition coefficient (Wildman–Crippen LogP) is 2.37. The van der Waals surface area contributed by atoms with Crippen LogP contribution in [0.25, 0.3) is 0 Å². The van der Waals surface area contributed by atoms with Crippen molar-refractivity contribution < 1.29 is 0 Å². The minimum absolute atomic E-state index is 0.671. The van der Waals surface area contributed by atoms with Crippen LogP contribution in [0.5, 0.6) is 0 Å². The second-order valence-corrected chi connectivity index (χ2v) is 4.68. The van der Waals surface area contributed by atoms with Crippen LogP contribution in [0.1, 0.15) is 26.2 Å². The van der Waals surface area contributed by atoms with Gasteiger partial charge >= 0.3 is 0 Å². The normalized spacial score (nSPS) is 24.4. The minimum atomic E-state index is 0.671. The molecule has 0 radical (unpaired) electrons. The number of nitrogens with one attached hydrogen (secondary N) is 2. The van der Waals surface area contributed by atoms with Gasteiger partial charge in [-0.15, -0.1) is 0 Å². The van der Waals surface area contributed by atoms with Crippen molar-refractivity contribution in [3.8, 4) is 0 Å². The van der Waals surface area contributed by atoms with Crippen LogP contribution in [0.2, 0.25) is 0 Å². The van der Waals surface area contributed by atoms with Gasteiger partial charge in [0.15, 0.2) is 0 Å². The third-order valence-electron chi connectivity index (χ3n) is 3.25. The first-order chi connectivity index (χ1) is 7.78. The van der Waals surface area contributed by atoms with Crippen LogP contribution < -0.4 is 10.6 Å². The van der Waals surface area contributed by atoms with E-state index < -0.39 is 0 Å². The molecule has 0 aromatic carbocycles. The Labute approximate surface area is 96.9 Å². The largest absolute Gasteiger partial charge is 0.370 e. The monoisotopic (exact) mass is 220 g/mol.